The summed E-state index contributed by atoms with van der Waals surface area (Å²) < 4.78 is 5.11. The van der Waals surface area contributed by atoms with Gasteiger partial charge in [-0.25, -0.2) is 0 Å². The predicted molar refractivity (Wildman–Crippen MR) is 88.5 cm³/mol. The summed E-state index contributed by atoms with van der Waals surface area (Å²) in [5, 5.41) is 2.95. The predicted octanol–water partition coefficient (Wildman–Crippen LogP) is 3.26. The minimum atomic E-state index is -0.703. The van der Waals surface area contributed by atoms with Crippen LogP contribution in [0.2, 0.25) is 0 Å². The molecule has 3 N–H and O–H groups in total. The molecule has 0 atom stereocenters. The topological polar surface area (TPSA) is 64.3 Å². The van der Waals surface area contributed by atoms with Gasteiger partial charge in [-0.1, -0.05) is 37.9 Å². The lowest BCUT2D eigenvalue weighted by molar-refractivity contribution is -0.122. The van der Waals surface area contributed by atoms with Gasteiger partial charge in [0.25, 0.3) is 0 Å². The Bertz CT molecular complexity index is 506. The highest BCUT2D eigenvalue weighted by Gasteiger charge is 2.41. The quantitative estimate of drug-likeness (QED) is 0.662. The molecule has 0 aliphatic heterocycles. The monoisotopic (exact) mass is 306 g/mol. The maximum atomic E-state index is 12.7. The Balaban J connectivity index is 2.16. The van der Waals surface area contributed by atoms with Crippen LogP contribution in [0.1, 0.15) is 38.5 Å². The van der Waals surface area contributed by atoms with Gasteiger partial charge in [0.2, 0.25) is 5.91 Å². The average Bonchev–Trinajstić information content (AvgIpc) is 2.75. The van der Waals surface area contributed by atoms with Crippen molar-refractivity contribution in [3.8, 4) is 5.75 Å². The molecule has 1 aliphatic rings. The van der Waals surface area contributed by atoms with Gasteiger partial charge in [-0.2, -0.15) is 0 Å². The third-order valence-corrected chi connectivity index (χ3v) is 4.60. The van der Waals surface area contributed by atoms with E-state index in [0.29, 0.717) is 4.99 Å². The molecular formula is C16H22N2O2S. The number of carbonyl (C=O) groups excluding carboxylic acids is 1. The molecule has 0 aromatic heterocycles. The minimum absolute atomic E-state index is 0.0814. The lowest BCUT2D eigenvalue weighted by atomic mass is 9.79. The molecule has 1 aromatic rings. The Hall–Kier alpha value is -1.62. The van der Waals surface area contributed by atoms with E-state index in [9.17, 15) is 4.79 Å². The van der Waals surface area contributed by atoms with Crippen molar-refractivity contribution in [1.29, 1.82) is 0 Å². The molecule has 0 heterocycles. The summed E-state index contributed by atoms with van der Waals surface area (Å²) in [6, 6.07) is 7.27. The number of benzene rings is 1. The molecule has 0 spiro atoms. The van der Waals surface area contributed by atoms with E-state index >= 15 is 0 Å². The van der Waals surface area contributed by atoms with E-state index in [1.54, 1.807) is 7.11 Å². The number of methoxy groups -OCH3 is 1. The van der Waals surface area contributed by atoms with Gasteiger partial charge in [0, 0.05) is 5.69 Å². The Labute approximate surface area is 131 Å². The van der Waals surface area contributed by atoms with Crippen LogP contribution in [0, 0.1) is 5.41 Å². The first-order valence-electron chi connectivity index (χ1n) is 7.34. The molecule has 114 valence electrons. The number of hydrogen-bond acceptors (Lipinski definition) is 3. The molecule has 1 aliphatic carbocycles. The zero-order chi connectivity index (χ0) is 15.3. The number of carbonyl (C=O) groups is 1. The van der Waals surface area contributed by atoms with Crippen LogP contribution in [0.25, 0.3) is 0 Å². The number of ether oxygens (including phenoxy) is 1. The fraction of sp³-hybridized carbons (Fsp3) is 0.500. The van der Waals surface area contributed by atoms with Gasteiger partial charge in [-0.3, -0.25) is 4.79 Å². The van der Waals surface area contributed by atoms with Crippen molar-refractivity contribution in [1.82, 2.24) is 0 Å². The van der Waals surface area contributed by atoms with Crippen molar-refractivity contribution in [3.63, 3.8) is 0 Å². The first-order chi connectivity index (χ1) is 10.1. The summed E-state index contributed by atoms with van der Waals surface area (Å²) in [6.45, 7) is 0. The van der Waals surface area contributed by atoms with Crippen LogP contribution in [0.4, 0.5) is 5.69 Å². The largest absolute Gasteiger partial charge is 0.497 e. The summed E-state index contributed by atoms with van der Waals surface area (Å²) in [6.07, 6.45) is 5.75. The van der Waals surface area contributed by atoms with Gasteiger partial charge in [0.15, 0.2) is 0 Å². The van der Waals surface area contributed by atoms with Crippen LogP contribution in [-0.4, -0.2) is 18.0 Å². The summed E-state index contributed by atoms with van der Waals surface area (Å²) in [5.41, 5.74) is 5.96. The molecule has 0 radical (unpaired) electrons. The first-order valence-corrected chi connectivity index (χ1v) is 7.75. The molecule has 1 amide bonds. The second-order valence-electron chi connectivity index (χ2n) is 5.54. The van der Waals surface area contributed by atoms with E-state index in [-0.39, 0.29) is 5.91 Å². The molecule has 0 saturated heterocycles. The first kappa shape index (κ1) is 15.8. The number of hydrogen-bond donors (Lipinski definition) is 2. The minimum Gasteiger partial charge on any atom is -0.497 e. The molecule has 21 heavy (non-hydrogen) atoms. The summed E-state index contributed by atoms with van der Waals surface area (Å²) in [4.78, 5) is 13.0. The van der Waals surface area contributed by atoms with E-state index in [0.717, 1.165) is 50.0 Å². The van der Waals surface area contributed by atoms with Gasteiger partial charge in [0.05, 0.1) is 17.5 Å². The van der Waals surface area contributed by atoms with E-state index in [2.05, 4.69) is 5.32 Å². The Morgan fingerprint density at radius 3 is 2.24 bits per heavy atom. The number of anilines is 1. The molecule has 0 unspecified atom stereocenters. The second-order valence-corrected chi connectivity index (χ2v) is 5.98. The SMILES string of the molecule is COc1ccc(NC(=O)C2(C(N)=S)CCCCCC2)cc1. The highest BCUT2D eigenvalue weighted by molar-refractivity contribution is 7.80. The van der Waals surface area contributed by atoms with E-state index in [1.165, 1.54) is 0 Å². The Morgan fingerprint density at radius 2 is 1.76 bits per heavy atom. The van der Waals surface area contributed by atoms with Crippen molar-refractivity contribution >= 4 is 28.8 Å². The van der Waals surface area contributed by atoms with Crippen LogP contribution in [-0.2, 0) is 4.79 Å². The maximum Gasteiger partial charge on any atom is 0.237 e. The molecule has 2 rings (SSSR count). The van der Waals surface area contributed by atoms with Crippen molar-refractivity contribution < 1.29 is 9.53 Å². The number of thiocarbonyl (C=S) groups is 1. The van der Waals surface area contributed by atoms with Crippen molar-refractivity contribution in [2.45, 2.75) is 38.5 Å². The van der Waals surface area contributed by atoms with Gasteiger partial charge in [-0.05, 0) is 37.1 Å². The zero-order valence-electron chi connectivity index (χ0n) is 12.4. The molecule has 5 heteroatoms. The van der Waals surface area contributed by atoms with E-state index in [4.69, 9.17) is 22.7 Å². The Morgan fingerprint density at radius 1 is 1.19 bits per heavy atom. The number of rotatable bonds is 4. The molecule has 1 saturated carbocycles. The molecule has 0 bridgehead atoms. The molecule has 4 nitrogen and oxygen atoms in total. The fourth-order valence-corrected chi connectivity index (χ4v) is 3.14. The summed E-state index contributed by atoms with van der Waals surface area (Å²) >= 11 is 5.22. The maximum absolute atomic E-state index is 12.7. The second kappa shape index (κ2) is 6.89. The molecule has 1 aromatic carbocycles. The van der Waals surface area contributed by atoms with Crippen LogP contribution in [0.5, 0.6) is 5.75 Å². The lowest BCUT2D eigenvalue weighted by Crippen LogP contribution is -2.45. The van der Waals surface area contributed by atoms with Crippen LogP contribution < -0.4 is 15.8 Å². The highest BCUT2D eigenvalue weighted by atomic mass is 32.1. The van der Waals surface area contributed by atoms with Gasteiger partial charge < -0.3 is 15.8 Å². The number of nitrogens with one attached hydrogen (secondary N) is 1. The highest BCUT2D eigenvalue weighted by Crippen LogP contribution is 2.36. The standard InChI is InChI=1S/C16H22N2O2S/c1-20-13-8-6-12(7-9-13)18-15(19)16(14(17)21)10-4-2-3-5-11-16/h6-9H,2-5,10-11H2,1H3,(H2,17,21)(H,18,19). The summed E-state index contributed by atoms with van der Waals surface area (Å²) in [5.74, 6) is 0.675. The van der Waals surface area contributed by atoms with Crippen molar-refractivity contribution in [2.24, 2.45) is 11.1 Å². The number of nitrogens with two attached hydrogens (primary N) is 1. The van der Waals surface area contributed by atoms with Crippen LogP contribution >= 0.6 is 12.2 Å². The molecular weight excluding hydrogens is 284 g/mol. The lowest BCUT2D eigenvalue weighted by Gasteiger charge is -2.30. The van der Waals surface area contributed by atoms with Crippen molar-refractivity contribution in [3.05, 3.63) is 24.3 Å². The van der Waals surface area contributed by atoms with E-state index < -0.39 is 5.41 Å². The fourth-order valence-electron chi connectivity index (χ4n) is 2.84. The van der Waals surface area contributed by atoms with Crippen LogP contribution in [0.3, 0.4) is 0 Å². The Kier molecular flexibility index (Phi) is 5.17. The third-order valence-electron chi connectivity index (χ3n) is 4.21. The third kappa shape index (κ3) is 3.53. The van der Waals surface area contributed by atoms with Gasteiger partial charge in [0.1, 0.15) is 5.75 Å². The van der Waals surface area contributed by atoms with E-state index in [1.807, 2.05) is 24.3 Å². The van der Waals surface area contributed by atoms with Gasteiger partial charge >= 0.3 is 0 Å². The average molecular weight is 306 g/mol. The number of amides is 1. The van der Waals surface area contributed by atoms with Crippen molar-refractivity contribution in [2.75, 3.05) is 12.4 Å². The smallest absolute Gasteiger partial charge is 0.237 e. The van der Waals surface area contributed by atoms with Crippen LogP contribution in [0.15, 0.2) is 24.3 Å². The molecule has 1 fully saturated rings. The normalized spacial score (nSPS) is 17.6. The van der Waals surface area contributed by atoms with Gasteiger partial charge in [-0.15, -0.1) is 0 Å². The zero-order valence-corrected chi connectivity index (χ0v) is 13.2. The summed E-state index contributed by atoms with van der Waals surface area (Å²) in [7, 11) is 1.61.